The topological polar surface area (TPSA) is 35.4 Å². The van der Waals surface area contributed by atoms with E-state index in [9.17, 15) is 5.11 Å². The average molecular weight is 327 g/mol. The smallest absolute Gasteiger partial charge is 0.0786 e. The summed E-state index contributed by atoms with van der Waals surface area (Å²) in [5, 5.41) is 10.1. The van der Waals surface area contributed by atoms with Gasteiger partial charge in [0.2, 0.25) is 0 Å². The van der Waals surface area contributed by atoms with Crippen molar-refractivity contribution in [2.75, 3.05) is 32.7 Å². The van der Waals surface area contributed by atoms with Crippen LogP contribution in [-0.2, 0) is 0 Å². The first kappa shape index (κ1) is 22.4. The summed E-state index contributed by atoms with van der Waals surface area (Å²) in [4.78, 5) is 3.60. The minimum Gasteiger partial charge on any atom is -0.862 e. The summed E-state index contributed by atoms with van der Waals surface area (Å²) in [5.74, 6) is 0.0787. The van der Waals surface area contributed by atoms with Gasteiger partial charge in [-0.05, 0) is 44.4 Å². The van der Waals surface area contributed by atoms with Crippen LogP contribution in [0, 0.1) is 0 Å². The van der Waals surface area contributed by atoms with Crippen molar-refractivity contribution in [1.82, 2.24) is 0 Å². The molecule has 0 unspecified atom stereocenters. The van der Waals surface area contributed by atoms with Gasteiger partial charge in [-0.2, -0.15) is 0 Å². The second kappa shape index (κ2) is 15.0. The molecule has 3 heteroatoms. The molecule has 0 aromatic carbocycles. The monoisotopic (exact) mass is 326 g/mol. The van der Waals surface area contributed by atoms with Crippen LogP contribution in [0.2, 0.25) is 0 Å². The quantitative estimate of drug-likeness (QED) is 0.485. The van der Waals surface area contributed by atoms with Crippen LogP contribution in [-0.4, -0.2) is 43.1 Å². The molecule has 0 atom stereocenters. The molecule has 0 N–H and O–H groups in total. The van der Waals surface area contributed by atoms with E-state index in [1.807, 2.05) is 0 Å². The number of nitrogens with zero attached hydrogens (tertiary/aromatic N) is 2. The molecule has 0 radical (unpaired) electrons. The minimum absolute atomic E-state index is 0.0787. The van der Waals surface area contributed by atoms with Crippen molar-refractivity contribution in [2.45, 2.75) is 91.9 Å². The normalized spacial score (nSPS) is 14.3. The molecule has 0 amide bonds. The summed E-state index contributed by atoms with van der Waals surface area (Å²) in [5.41, 5.74) is 0. The van der Waals surface area contributed by atoms with E-state index in [0.717, 1.165) is 13.0 Å². The molecule has 0 aliphatic carbocycles. The Labute approximate surface area is 145 Å². The van der Waals surface area contributed by atoms with E-state index in [2.05, 4.69) is 32.7 Å². The molecule has 3 nitrogen and oxygen atoms in total. The standard InChI is InChI=1S/C16H36N.C4H7NO/c1-5-9-13-17(14-10-6-2,15-11-7-3)16-12-8-4;6-4-2-1-3-5-4/h5-16H2,1-4H3;1-3H2,(H,5,6)/q+1;/p-1. The summed E-state index contributed by atoms with van der Waals surface area (Å²) in [6.45, 7) is 15.8. The van der Waals surface area contributed by atoms with Crippen LogP contribution in [0.25, 0.3) is 0 Å². The molecular formula is C20H42N2O. The third-order valence-corrected chi connectivity index (χ3v) is 4.78. The van der Waals surface area contributed by atoms with Crippen molar-refractivity contribution in [2.24, 2.45) is 4.99 Å². The van der Waals surface area contributed by atoms with Gasteiger partial charge < -0.3 is 14.6 Å². The van der Waals surface area contributed by atoms with Crippen LogP contribution >= 0.6 is 0 Å². The minimum atomic E-state index is 0.0787. The zero-order chi connectivity index (χ0) is 17.4. The second-order valence-corrected chi connectivity index (χ2v) is 7.03. The summed E-state index contributed by atoms with van der Waals surface area (Å²) < 4.78 is 1.42. The Morgan fingerprint density at radius 1 is 0.783 bits per heavy atom. The van der Waals surface area contributed by atoms with E-state index < -0.39 is 0 Å². The van der Waals surface area contributed by atoms with Gasteiger partial charge in [-0.25, -0.2) is 0 Å². The Balaban J connectivity index is 0.000000664. The number of hydrogen-bond donors (Lipinski definition) is 0. The summed E-state index contributed by atoms with van der Waals surface area (Å²) in [6, 6.07) is 0. The van der Waals surface area contributed by atoms with E-state index in [1.54, 1.807) is 0 Å². The molecule has 0 saturated heterocycles. The number of quaternary nitrogens is 1. The van der Waals surface area contributed by atoms with Crippen molar-refractivity contribution >= 4 is 5.90 Å². The van der Waals surface area contributed by atoms with Crippen LogP contribution in [0.3, 0.4) is 0 Å². The van der Waals surface area contributed by atoms with Gasteiger partial charge in [0.05, 0.1) is 26.2 Å². The predicted octanol–water partition coefficient (Wildman–Crippen LogP) is 4.54. The Kier molecular flexibility index (Phi) is 14.6. The van der Waals surface area contributed by atoms with Crippen molar-refractivity contribution < 1.29 is 9.59 Å². The zero-order valence-electron chi connectivity index (χ0n) is 16.4. The van der Waals surface area contributed by atoms with Gasteiger partial charge >= 0.3 is 0 Å². The second-order valence-electron chi connectivity index (χ2n) is 7.03. The van der Waals surface area contributed by atoms with Crippen LogP contribution in [0.5, 0.6) is 0 Å². The fourth-order valence-electron chi connectivity index (χ4n) is 3.16. The summed E-state index contributed by atoms with van der Waals surface area (Å²) in [7, 11) is 0. The molecule has 23 heavy (non-hydrogen) atoms. The van der Waals surface area contributed by atoms with E-state index in [0.29, 0.717) is 6.42 Å². The molecule has 1 rings (SSSR count). The molecule has 0 aromatic rings. The Morgan fingerprint density at radius 3 is 1.35 bits per heavy atom. The third-order valence-electron chi connectivity index (χ3n) is 4.78. The highest BCUT2D eigenvalue weighted by Gasteiger charge is 2.24. The Hall–Kier alpha value is -0.570. The first-order chi connectivity index (χ1) is 11.1. The fourth-order valence-corrected chi connectivity index (χ4v) is 3.16. The summed E-state index contributed by atoms with van der Waals surface area (Å²) >= 11 is 0. The molecule has 0 fully saturated rings. The molecule has 1 heterocycles. The third kappa shape index (κ3) is 11.6. The van der Waals surface area contributed by atoms with Crippen molar-refractivity contribution in [3.05, 3.63) is 0 Å². The van der Waals surface area contributed by atoms with Gasteiger partial charge in [-0.1, -0.05) is 53.4 Å². The highest BCUT2D eigenvalue weighted by Crippen LogP contribution is 2.16. The van der Waals surface area contributed by atoms with Gasteiger partial charge in [-0.3, -0.25) is 0 Å². The molecule has 0 saturated carbocycles. The average Bonchev–Trinajstić information content (AvgIpc) is 3.05. The SMILES string of the molecule is CCCC[N+](CCCC)(CCCC)CCCC.[O-]C1=NCCC1. The number of unbranched alkanes of at least 4 members (excludes halogenated alkanes) is 4. The molecule has 1 aliphatic rings. The summed E-state index contributed by atoms with van der Waals surface area (Å²) in [6.07, 6.45) is 12.7. The van der Waals surface area contributed by atoms with Crippen LogP contribution in [0.15, 0.2) is 4.99 Å². The lowest BCUT2D eigenvalue weighted by atomic mass is 10.1. The molecule has 0 aromatic heterocycles. The predicted molar refractivity (Wildman–Crippen MR) is 101 cm³/mol. The van der Waals surface area contributed by atoms with Crippen molar-refractivity contribution in [1.29, 1.82) is 0 Å². The molecule has 1 aliphatic heterocycles. The highest BCUT2D eigenvalue weighted by atomic mass is 16.3. The maximum Gasteiger partial charge on any atom is 0.0786 e. The van der Waals surface area contributed by atoms with Crippen molar-refractivity contribution in [3.63, 3.8) is 0 Å². The molecule has 0 spiro atoms. The Bertz CT molecular complexity index is 252. The number of rotatable bonds is 12. The number of hydrogen-bond acceptors (Lipinski definition) is 2. The van der Waals surface area contributed by atoms with E-state index in [-0.39, 0.29) is 5.90 Å². The lowest BCUT2D eigenvalue weighted by Crippen LogP contribution is -2.50. The van der Waals surface area contributed by atoms with Crippen LogP contribution < -0.4 is 5.11 Å². The lowest BCUT2D eigenvalue weighted by Gasteiger charge is -2.39. The van der Waals surface area contributed by atoms with Gasteiger partial charge in [-0.15, -0.1) is 0 Å². The lowest BCUT2D eigenvalue weighted by molar-refractivity contribution is -0.929. The van der Waals surface area contributed by atoms with Crippen LogP contribution in [0.4, 0.5) is 0 Å². The molecule has 138 valence electrons. The number of aliphatic imine (C=N–C) groups is 1. The zero-order valence-corrected chi connectivity index (χ0v) is 16.4. The van der Waals surface area contributed by atoms with Crippen molar-refractivity contribution in [3.8, 4) is 0 Å². The van der Waals surface area contributed by atoms with Gasteiger partial charge in [0.15, 0.2) is 0 Å². The fraction of sp³-hybridized carbons (Fsp3) is 0.950. The van der Waals surface area contributed by atoms with Gasteiger partial charge in [0, 0.05) is 6.54 Å². The van der Waals surface area contributed by atoms with Crippen LogP contribution in [0.1, 0.15) is 91.9 Å². The Morgan fingerprint density at radius 2 is 1.17 bits per heavy atom. The molecule has 0 bridgehead atoms. The maximum absolute atomic E-state index is 10.1. The first-order valence-electron chi connectivity index (χ1n) is 10.2. The first-order valence-corrected chi connectivity index (χ1v) is 10.2. The largest absolute Gasteiger partial charge is 0.862 e. The van der Waals surface area contributed by atoms with E-state index in [4.69, 9.17) is 0 Å². The van der Waals surface area contributed by atoms with E-state index >= 15 is 0 Å². The highest BCUT2D eigenvalue weighted by molar-refractivity contribution is 5.72. The molecular weight excluding hydrogens is 284 g/mol. The van der Waals surface area contributed by atoms with Gasteiger partial charge in [0.1, 0.15) is 0 Å². The van der Waals surface area contributed by atoms with E-state index in [1.165, 1.54) is 82.0 Å². The van der Waals surface area contributed by atoms with Gasteiger partial charge in [0.25, 0.3) is 0 Å². The maximum atomic E-state index is 10.1.